The Balaban J connectivity index is 2.20. The third-order valence-electron chi connectivity index (χ3n) is 3.68. The maximum Gasteiger partial charge on any atom is 0.254 e. The first-order valence-corrected chi connectivity index (χ1v) is 7.94. The molecule has 1 fully saturated rings. The number of hydrogen-bond acceptors (Lipinski definition) is 2. The van der Waals surface area contributed by atoms with Crippen LogP contribution in [0.3, 0.4) is 0 Å². The average Bonchev–Trinajstić information content (AvgIpc) is 2.41. The molecule has 0 bridgehead atoms. The zero-order chi connectivity index (χ0) is 14.0. The van der Waals surface area contributed by atoms with Crippen molar-refractivity contribution in [3.05, 3.63) is 32.4 Å². The lowest BCUT2D eigenvalue weighted by molar-refractivity contribution is 0.0573. The number of hydrogen-bond donors (Lipinski definition) is 1. The van der Waals surface area contributed by atoms with Gasteiger partial charge in [0.25, 0.3) is 5.91 Å². The second kappa shape index (κ2) is 6.41. The predicted octanol–water partition coefficient (Wildman–Crippen LogP) is 3.14. The van der Waals surface area contributed by atoms with E-state index in [0.717, 1.165) is 23.0 Å². The van der Waals surface area contributed by atoms with Crippen molar-refractivity contribution in [2.75, 3.05) is 13.1 Å². The van der Waals surface area contributed by atoms with Crippen molar-refractivity contribution < 1.29 is 4.79 Å². The number of nitrogens with two attached hydrogens (primary N) is 1. The van der Waals surface area contributed by atoms with E-state index in [1.807, 2.05) is 11.0 Å². The van der Waals surface area contributed by atoms with E-state index in [-0.39, 0.29) is 11.9 Å². The molecule has 0 saturated carbocycles. The van der Waals surface area contributed by atoms with E-state index < -0.39 is 0 Å². The molecule has 3 nitrogen and oxygen atoms in total. The van der Waals surface area contributed by atoms with E-state index in [1.165, 1.54) is 0 Å². The molecule has 2 atom stereocenters. The number of carbonyl (C=O) groups excluding carboxylic acids is 1. The van der Waals surface area contributed by atoms with Crippen LogP contribution in [0.25, 0.3) is 0 Å². The number of nitrogens with zero attached hydrogens (tertiary/aromatic N) is 1. The van der Waals surface area contributed by atoms with Crippen LogP contribution in [0.4, 0.5) is 0 Å². The number of rotatable bonds is 2. The molecule has 0 spiro atoms. The summed E-state index contributed by atoms with van der Waals surface area (Å²) in [7, 11) is 0. The van der Waals surface area contributed by atoms with Crippen LogP contribution in [0.1, 0.15) is 30.1 Å². The van der Waals surface area contributed by atoms with Gasteiger partial charge in [-0.15, -0.1) is 0 Å². The molecular weight excluding hydrogens is 375 g/mol. The van der Waals surface area contributed by atoms with Gasteiger partial charge in [-0.3, -0.25) is 4.79 Å². The highest BCUT2D eigenvalue weighted by molar-refractivity contribution is 14.1. The number of halogens is 2. The average molecular weight is 393 g/mol. The SMILES string of the molecule is CC1CCN(C(=O)c2ccc(Cl)c(I)c2)C(CN)C1. The van der Waals surface area contributed by atoms with Crippen molar-refractivity contribution in [3.8, 4) is 0 Å². The van der Waals surface area contributed by atoms with E-state index in [0.29, 0.717) is 23.0 Å². The third kappa shape index (κ3) is 3.41. The minimum Gasteiger partial charge on any atom is -0.334 e. The summed E-state index contributed by atoms with van der Waals surface area (Å²) in [6.07, 6.45) is 2.04. The first-order chi connectivity index (χ1) is 9.02. The van der Waals surface area contributed by atoms with Gasteiger partial charge in [0.05, 0.1) is 5.02 Å². The molecule has 0 radical (unpaired) electrons. The second-order valence-electron chi connectivity index (χ2n) is 5.15. The minimum absolute atomic E-state index is 0.0666. The van der Waals surface area contributed by atoms with Crippen molar-refractivity contribution in [1.29, 1.82) is 0 Å². The fourth-order valence-corrected chi connectivity index (χ4v) is 3.17. The topological polar surface area (TPSA) is 46.3 Å². The van der Waals surface area contributed by atoms with Gasteiger partial charge in [0.15, 0.2) is 0 Å². The second-order valence-corrected chi connectivity index (χ2v) is 6.72. The third-order valence-corrected chi connectivity index (χ3v) is 5.22. The molecule has 1 amide bonds. The van der Waals surface area contributed by atoms with E-state index in [2.05, 4.69) is 29.5 Å². The van der Waals surface area contributed by atoms with Gasteiger partial charge in [-0.2, -0.15) is 0 Å². The van der Waals surface area contributed by atoms with Crippen LogP contribution in [-0.4, -0.2) is 29.9 Å². The smallest absolute Gasteiger partial charge is 0.254 e. The maximum atomic E-state index is 12.6. The molecule has 104 valence electrons. The lowest BCUT2D eigenvalue weighted by atomic mass is 9.92. The molecule has 1 aliphatic rings. The molecule has 1 saturated heterocycles. The van der Waals surface area contributed by atoms with Gasteiger partial charge < -0.3 is 10.6 Å². The molecule has 2 unspecified atom stereocenters. The highest BCUT2D eigenvalue weighted by Crippen LogP contribution is 2.25. The van der Waals surface area contributed by atoms with Crippen LogP contribution >= 0.6 is 34.2 Å². The minimum atomic E-state index is 0.0666. The van der Waals surface area contributed by atoms with Crippen molar-refractivity contribution in [2.24, 2.45) is 11.7 Å². The van der Waals surface area contributed by atoms with Gasteiger partial charge in [-0.1, -0.05) is 18.5 Å². The molecule has 2 N–H and O–H groups in total. The number of carbonyl (C=O) groups is 1. The highest BCUT2D eigenvalue weighted by Gasteiger charge is 2.29. The molecule has 19 heavy (non-hydrogen) atoms. The number of likely N-dealkylation sites (tertiary alicyclic amines) is 1. The van der Waals surface area contributed by atoms with E-state index in [1.54, 1.807) is 12.1 Å². The summed E-state index contributed by atoms with van der Waals surface area (Å²) in [5.74, 6) is 0.708. The van der Waals surface area contributed by atoms with Gasteiger partial charge in [-0.05, 0) is 59.5 Å². The largest absolute Gasteiger partial charge is 0.334 e. The fourth-order valence-electron chi connectivity index (χ4n) is 2.54. The quantitative estimate of drug-likeness (QED) is 0.786. The fraction of sp³-hybridized carbons (Fsp3) is 0.500. The summed E-state index contributed by atoms with van der Waals surface area (Å²) >= 11 is 8.14. The standard InChI is InChI=1S/C14H18ClIN2O/c1-9-4-5-18(11(6-9)8-17)14(19)10-2-3-12(15)13(16)7-10/h2-3,7,9,11H,4-6,8,17H2,1H3. The zero-order valence-corrected chi connectivity index (χ0v) is 13.8. The van der Waals surface area contributed by atoms with Crippen LogP contribution in [-0.2, 0) is 0 Å². The van der Waals surface area contributed by atoms with E-state index >= 15 is 0 Å². The Labute approximate surface area is 132 Å². The summed E-state index contributed by atoms with van der Waals surface area (Å²) in [5.41, 5.74) is 6.51. The number of amides is 1. The molecular formula is C14H18ClIN2O. The van der Waals surface area contributed by atoms with Gasteiger partial charge >= 0.3 is 0 Å². The van der Waals surface area contributed by atoms with Gasteiger partial charge in [0, 0.05) is 28.3 Å². The Morgan fingerprint density at radius 1 is 1.58 bits per heavy atom. The maximum absolute atomic E-state index is 12.6. The van der Waals surface area contributed by atoms with Gasteiger partial charge in [0.2, 0.25) is 0 Å². The summed E-state index contributed by atoms with van der Waals surface area (Å²) in [5, 5.41) is 0.680. The number of piperidine rings is 1. The van der Waals surface area contributed by atoms with Gasteiger partial charge in [0.1, 0.15) is 0 Å². The summed E-state index contributed by atoms with van der Waals surface area (Å²) in [6, 6.07) is 5.57. The van der Waals surface area contributed by atoms with Crippen LogP contribution in [0, 0.1) is 9.49 Å². The van der Waals surface area contributed by atoms with Crippen molar-refractivity contribution >= 4 is 40.1 Å². The predicted molar refractivity (Wildman–Crippen MR) is 86.4 cm³/mol. The summed E-state index contributed by atoms with van der Waals surface area (Å²) in [4.78, 5) is 14.5. The normalized spacial score (nSPS) is 23.5. The molecule has 0 aromatic heterocycles. The molecule has 2 rings (SSSR count). The lowest BCUT2D eigenvalue weighted by Crippen LogP contribution is -2.49. The van der Waals surface area contributed by atoms with E-state index in [9.17, 15) is 4.79 Å². The highest BCUT2D eigenvalue weighted by atomic mass is 127. The molecule has 1 aromatic rings. The Kier molecular flexibility index (Phi) is 5.09. The molecule has 1 aromatic carbocycles. The Hall–Kier alpha value is -0.330. The van der Waals surface area contributed by atoms with Crippen LogP contribution in [0.5, 0.6) is 0 Å². The zero-order valence-electron chi connectivity index (χ0n) is 10.9. The van der Waals surface area contributed by atoms with E-state index in [4.69, 9.17) is 17.3 Å². The Bertz CT molecular complexity index is 481. The Morgan fingerprint density at radius 2 is 2.32 bits per heavy atom. The van der Waals surface area contributed by atoms with Crippen LogP contribution in [0.15, 0.2) is 18.2 Å². The van der Waals surface area contributed by atoms with Gasteiger partial charge in [-0.25, -0.2) is 0 Å². The number of benzene rings is 1. The van der Waals surface area contributed by atoms with Crippen molar-refractivity contribution in [1.82, 2.24) is 4.90 Å². The van der Waals surface area contributed by atoms with Crippen LogP contribution in [0.2, 0.25) is 5.02 Å². The van der Waals surface area contributed by atoms with Crippen LogP contribution < -0.4 is 5.73 Å². The summed E-state index contributed by atoms with van der Waals surface area (Å²) in [6.45, 7) is 3.54. The first kappa shape index (κ1) is 15.1. The molecule has 1 aliphatic heterocycles. The molecule has 0 aliphatic carbocycles. The lowest BCUT2D eigenvalue weighted by Gasteiger charge is -2.38. The Morgan fingerprint density at radius 3 is 2.95 bits per heavy atom. The molecule has 5 heteroatoms. The monoisotopic (exact) mass is 392 g/mol. The van der Waals surface area contributed by atoms with Crippen molar-refractivity contribution in [2.45, 2.75) is 25.8 Å². The molecule has 1 heterocycles. The van der Waals surface area contributed by atoms with Crippen molar-refractivity contribution in [3.63, 3.8) is 0 Å². The summed E-state index contributed by atoms with van der Waals surface area (Å²) < 4.78 is 0.903. The first-order valence-electron chi connectivity index (χ1n) is 6.49.